The normalized spacial score (nSPS) is 48.6. The van der Waals surface area contributed by atoms with Crippen LogP contribution in [-0.4, -0.2) is 42.8 Å². The van der Waals surface area contributed by atoms with E-state index in [4.69, 9.17) is 23.7 Å². The summed E-state index contributed by atoms with van der Waals surface area (Å²) in [6.07, 6.45) is 2.16. The largest absolute Gasteiger partial charge is 0.345 e. The van der Waals surface area contributed by atoms with Gasteiger partial charge in [-0.15, -0.1) is 0 Å². The smallest absolute Gasteiger partial charge is 0.203 e. The molecule has 3 atom stereocenters. The van der Waals surface area contributed by atoms with E-state index < -0.39 is 17.4 Å². The number of rotatable bonds is 0. The van der Waals surface area contributed by atoms with E-state index in [0.29, 0.717) is 13.2 Å². The van der Waals surface area contributed by atoms with E-state index in [1.54, 1.807) is 0 Å². The molecule has 5 heteroatoms. The number of ether oxygens (including phenoxy) is 5. The minimum Gasteiger partial charge on any atom is -0.345 e. The Bertz CT molecular complexity index is 412. The monoisotopic (exact) mass is 270 g/mol. The molecule has 1 aliphatic carbocycles. The van der Waals surface area contributed by atoms with Crippen LogP contribution in [0.15, 0.2) is 0 Å². The predicted octanol–water partition coefficient (Wildman–Crippen LogP) is 1.80. The van der Waals surface area contributed by atoms with Crippen LogP contribution in [0.5, 0.6) is 0 Å². The van der Waals surface area contributed by atoms with Crippen LogP contribution < -0.4 is 0 Å². The zero-order valence-electron chi connectivity index (χ0n) is 12.0. The van der Waals surface area contributed by atoms with Crippen LogP contribution in [0.4, 0.5) is 0 Å². The molecule has 0 unspecified atom stereocenters. The molecule has 108 valence electrons. The molecule has 4 rings (SSSR count). The molecule has 4 aliphatic rings. The molecule has 3 aliphatic heterocycles. The fourth-order valence-electron chi connectivity index (χ4n) is 3.84. The van der Waals surface area contributed by atoms with Gasteiger partial charge in [-0.1, -0.05) is 0 Å². The van der Waals surface area contributed by atoms with Crippen LogP contribution in [0.2, 0.25) is 0 Å². The Morgan fingerprint density at radius 1 is 0.895 bits per heavy atom. The van der Waals surface area contributed by atoms with Crippen LogP contribution in [0.25, 0.3) is 0 Å². The lowest BCUT2D eigenvalue weighted by molar-refractivity contribution is -0.322. The summed E-state index contributed by atoms with van der Waals surface area (Å²) >= 11 is 0. The Morgan fingerprint density at radius 3 is 2.21 bits per heavy atom. The maximum atomic E-state index is 6.15. The molecule has 2 spiro atoms. The first-order valence-corrected chi connectivity index (χ1v) is 7.11. The first-order chi connectivity index (χ1) is 8.78. The Morgan fingerprint density at radius 2 is 1.63 bits per heavy atom. The van der Waals surface area contributed by atoms with Gasteiger partial charge in [-0.25, -0.2) is 0 Å². The van der Waals surface area contributed by atoms with Crippen LogP contribution in [-0.2, 0) is 23.7 Å². The second-order valence-electron chi connectivity index (χ2n) is 7.11. The highest BCUT2D eigenvalue weighted by atomic mass is 16.8. The van der Waals surface area contributed by atoms with Gasteiger partial charge in [-0.2, -0.15) is 0 Å². The quantitative estimate of drug-likeness (QED) is 0.671. The Hall–Kier alpha value is -0.200. The molecule has 0 aromatic rings. The molecule has 0 aromatic heterocycles. The topological polar surface area (TPSA) is 46.2 Å². The minimum atomic E-state index is -0.651. The number of hydrogen-bond acceptors (Lipinski definition) is 5. The van der Waals surface area contributed by atoms with Crippen molar-refractivity contribution in [1.29, 1.82) is 0 Å². The van der Waals surface area contributed by atoms with Crippen molar-refractivity contribution < 1.29 is 23.7 Å². The van der Waals surface area contributed by atoms with Crippen molar-refractivity contribution in [2.24, 2.45) is 5.41 Å². The van der Waals surface area contributed by atoms with Crippen LogP contribution in [0.3, 0.4) is 0 Å². The third kappa shape index (κ3) is 1.59. The van der Waals surface area contributed by atoms with Gasteiger partial charge in [-0.05, 0) is 40.5 Å². The molecule has 19 heavy (non-hydrogen) atoms. The van der Waals surface area contributed by atoms with Crippen molar-refractivity contribution in [3.63, 3.8) is 0 Å². The van der Waals surface area contributed by atoms with Crippen molar-refractivity contribution in [3.05, 3.63) is 0 Å². The van der Waals surface area contributed by atoms with E-state index in [0.717, 1.165) is 12.8 Å². The molecule has 3 saturated heterocycles. The maximum absolute atomic E-state index is 6.15. The van der Waals surface area contributed by atoms with Crippen LogP contribution in [0, 0.1) is 5.41 Å². The summed E-state index contributed by atoms with van der Waals surface area (Å²) in [6.45, 7) is 8.78. The summed E-state index contributed by atoms with van der Waals surface area (Å²) in [5, 5.41) is 0. The standard InChI is InChI=1S/C14H22O5/c1-11(2)16-8-14(19-11)13(5-6-13)10-9(7-15-14)17-12(3,4)18-10/h9-10H,5-8H2,1-4H3/t9-,10-,14+/m1/s1. The molecule has 0 aromatic carbocycles. The summed E-state index contributed by atoms with van der Waals surface area (Å²) in [7, 11) is 0. The van der Waals surface area contributed by atoms with E-state index in [2.05, 4.69) is 0 Å². The zero-order valence-corrected chi connectivity index (χ0v) is 12.0. The van der Waals surface area contributed by atoms with Gasteiger partial charge in [0.1, 0.15) is 18.8 Å². The van der Waals surface area contributed by atoms with Crippen molar-refractivity contribution in [2.45, 2.75) is 70.1 Å². The van der Waals surface area contributed by atoms with Crippen LogP contribution in [0.1, 0.15) is 40.5 Å². The fourth-order valence-corrected chi connectivity index (χ4v) is 3.84. The lowest BCUT2D eigenvalue weighted by atomic mass is 9.83. The van der Waals surface area contributed by atoms with Gasteiger partial charge in [0.25, 0.3) is 0 Å². The first-order valence-electron chi connectivity index (χ1n) is 7.11. The molecule has 0 N–H and O–H groups in total. The van der Waals surface area contributed by atoms with E-state index >= 15 is 0 Å². The molecule has 3 heterocycles. The second kappa shape index (κ2) is 3.34. The van der Waals surface area contributed by atoms with Crippen molar-refractivity contribution >= 4 is 0 Å². The van der Waals surface area contributed by atoms with Gasteiger partial charge >= 0.3 is 0 Å². The highest BCUT2D eigenvalue weighted by Gasteiger charge is 2.75. The van der Waals surface area contributed by atoms with Gasteiger partial charge in [0.15, 0.2) is 11.6 Å². The van der Waals surface area contributed by atoms with Gasteiger partial charge in [0.2, 0.25) is 5.79 Å². The molecule has 5 nitrogen and oxygen atoms in total. The minimum absolute atomic E-state index is 0.00966. The average molecular weight is 270 g/mol. The third-order valence-corrected chi connectivity index (χ3v) is 4.78. The number of fused-ring (bicyclic) bond motifs is 3. The average Bonchev–Trinajstić information content (AvgIpc) is 2.94. The molecule has 0 bridgehead atoms. The van der Waals surface area contributed by atoms with E-state index in [1.165, 1.54) is 0 Å². The lowest BCUT2D eigenvalue weighted by Crippen LogP contribution is -2.59. The van der Waals surface area contributed by atoms with Gasteiger partial charge in [-0.3, -0.25) is 0 Å². The number of hydrogen-bond donors (Lipinski definition) is 0. The molecule has 0 radical (unpaired) electrons. The molecule has 1 saturated carbocycles. The third-order valence-electron chi connectivity index (χ3n) is 4.78. The SMILES string of the molecule is CC1(C)O[C@@H]2[C@@H](CO[C@]3(COC(C)(C)O3)C23CC3)O1. The van der Waals surface area contributed by atoms with Crippen LogP contribution >= 0.6 is 0 Å². The maximum Gasteiger partial charge on any atom is 0.203 e. The summed E-state index contributed by atoms with van der Waals surface area (Å²) in [5.41, 5.74) is -0.0997. The van der Waals surface area contributed by atoms with E-state index in [9.17, 15) is 0 Å². The molecular weight excluding hydrogens is 248 g/mol. The first kappa shape index (κ1) is 12.5. The Labute approximate surface area is 113 Å². The molecular formula is C14H22O5. The predicted molar refractivity (Wildman–Crippen MR) is 65.3 cm³/mol. The lowest BCUT2D eigenvalue weighted by Gasteiger charge is -2.45. The summed E-state index contributed by atoms with van der Waals surface area (Å²) < 4.78 is 30.1. The summed E-state index contributed by atoms with van der Waals surface area (Å²) in [4.78, 5) is 0. The summed E-state index contributed by atoms with van der Waals surface area (Å²) in [6, 6.07) is 0. The van der Waals surface area contributed by atoms with Crippen molar-refractivity contribution in [2.75, 3.05) is 13.2 Å². The van der Waals surface area contributed by atoms with Gasteiger partial charge in [0, 0.05) is 0 Å². The highest BCUT2D eigenvalue weighted by Crippen LogP contribution is 2.66. The zero-order chi connectivity index (χ0) is 13.5. The fraction of sp³-hybridized carbons (Fsp3) is 1.00. The summed E-state index contributed by atoms with van der Waals surface area (Å²) in [5.74, 6) is -1.77. The molecule has 0 amide bonds. The van der Waals surface area contributed by atoms with Crippen molar-refractivity contribution in [1.82, 2.24) is 0 Å². The Balaban J connectivity index is 1.67. The highest BCUT2D eigenvalue weighted by molar-refractivity contribution is 5.17. The van der Waals surface area contributed by atoms with E-state index in [-0.39, 0.29) is 17.6 Å². The van der Waals surface area contributed by atoms with Gasteiger partial charge < -0.3 is 23.7 Å². The van der Waals surface area contributed by atoms with Gasteiger partial charge in [0.05, 0.1) is 12.0 Å². The Kier molecular flexibility index (Phi) is 2.20. The van der Waals surface area contributed by atoms with E-state index in [1.807, 2.05) is 27.7 Å². The van der Waals surface area contributed by atoms with Crippen molar-refractivity contribution in [3.8, 4) is 0 Å². The second-order valence-corrected chi connectivity index (χ2v) is 7.11. The molecule has 4 fully saturated rings.